The molecule has 2 N–H and O–H groups in total. The third-order valence-electron chi connectivity index (χ3n) is 1.14. The molecule has 0 spiro atoms. The third-order valence-corrected chi connectivity index (χ3v) is 1.14. The molecule has 56 valence electrons. The highest BCUT2D eigenvalue weighted by atomic mass is 16.5. The number of ether oxygens (including phenoxy) is 1. The Hall–Kier alpha value is -0.120. The standard InChI is InChI=1S/C5H10O2.CH4O/c6-5-2-1-3-7-4-5;1-2/h5-6H,1-4H2;2H,1H3/t5-;/m0./s1. The van der Waals surface area contributed by atoms with Crippen molar-refractivity contribution in [3.8, 4) is 0 Å². The molecule has 0 radical (unpaired) electrons. The minimum absolute atomic E-state index is 0.186. The van der Waals surface area contributed by atoms with Crippen LogP contribution in [0.25, 0.3) is 0 Å². The number of aliphatic hydroxyl groups excluding tert-OH is 2. The topological polar surface area (TPSA) is 49.7 Å². The fourth-order valence-electron chi connectivity index (χ4n) is 0.724. The second-order valence-corrected chi connectivity index (χ2v) is 1.87. The van der Waals surface area contributed by atoms with E-state index in [1.165, 1.54) is 0 Å². The van der Waals surface area contributed by atoms with Gasteiger partial charge in [-0.1, -0.05) is 0 Å². The van der Waals surface area contributed by atoms with Gasteiger partial charge in [-0.3, -0.25) is 0 Å². The van der Waals surface area contributed by atoms with Crippen LogP contribution in [0, 0.1) is 0 Å². The molecule has 0 aromatic carbocycles. The molecule has 1 fully saturated rings. The van der Waals surface area contributed by atoms with Gasteiger partial charge in [0.1, 0.15) is 0 Å². The Kier molecular flexibility index (Phi) is 5.93. The molecule has 0 aromatic rings. The third kappa shape index (κ3) is 4.39. The maximum absolute atomic E-state index is 8.78. The summed E-state index contributed by atoms with van der Waals surface area (Å²) in [7, 11) is 1.00. The molecule has 1 saturated heterocycles. The summed E-state index contributed by atoms with van der Waals surface area (Å²) in [4.78, 5) is 0. The Bertz CT molecular complexity index is 50.3. The van der Waals surface area contributed by atoms with Gasteiger partial charge in [-0.2, -0.15) is 0 Å². The molecule has 3 heteroatoms. The van der Waals surface area contributed by atoms with Crippen molar-refractivity contribution in [3.63, 3.8) is 0 Å². The quantitative estimate of drug-likeness (QED) is 0.481. The van der Waals surface area contributed by atoms with E-state index in [4.69, 9.17) is 14.9 Å². The summed E-state index contributed by atoms with van der Waals surface area (Å²) in [6.07, 6.45) is 1.75. The Morgan fingerprint density at radius 1 is 1.44 bits per heavy atom. The van der Waals surface area contributed by atoms with E-state index in [9.17, 15) is 0 Å². The maximum atomic E-state index is 8.78. The van der Waals surface area contributed by atoms with E-state index < -0.39 is 0 Å². The fourth-order valence-corrected chi connectivity index (χ4v) is 0.724. The molecule has 1 heterocycles. The van der Waals surface area contributed by atoms with Crippen molar-refractivity contribution in [2.24, 2.45) is 0 Å². The zero-order chi connectivity index (χ0) is 7.11. The summed E-state index contributed by atoms with van der Waals surface area (Å²) >= 11 is 0. The van der Waals surface area contributed by atoms with Gasteiger partial charge in [-0.25, -0.2) is 0 Å². The van der Waals surface area contributed by atoms with Crippen LogP contribution in [0.5, 0.6) is 0 Å². The predicted octanol–water partition coefficient (Wildman–Crippen LogP) is -0.234. The van der Waals surface area contributed by atoms with Crippen LogP contribution in [-0.4, -0.2) is 36.6 Å². The van der Waals surface area contributed by atoms with Crippen LogP contribution in [0.4, 0.5) is 0 Å². The van der Waals surface area contributed by atoms with Crippen LogP contribution in [0.15, 0.2) is 0 Å². The molecular formula is C6H14O3. The maximum Gasteiger partial charge on any atom is 0.0774 e. The lowest BCUT2D eigenvalue weighted by molar-refractivity contribution is -0.00535. The Morgan fingerprint density at radius 2 is 2.11 bits per heavy atom. The van der Waals surface area contributed by atoms with Gasteiger partial charge in [-0.05, 0) is 12.8 Å². The summed E-state index contributed by atoms with van der Waals surface area (Å²) < 4.78 is 4.93. The average Bonchev–Trinajstić information content (AvgIpc) is 1.94. The first-order valence-electron chi connectivity index (χ1n) is 3.10. The SMILES string of the molecule is CO.O[C@H]1CCCOC1. The van der Waals surface area contributed by atoms with Gasteiger partial charge >= 0.3 is 0 Å². The Labute approximate surface area is 55.3 Å². The zero-order valence-corrected chi connectivity index (χ0v) is 5.71. The van der Waals surface area contributed by atoms with Crippen LogP contribution in [0.2, 0.25) is 0 Å². The first-order valence-corrected chi connectivity index (χ1v) is 3.10. The second kappa shape index (κ2) is 6.01. The van der Waals surface area contributed by atoms with Crippen LogP contribution < -0.4 is 0 Å². The molecule has 1 atom stereocenters. The van der Waals surface area contributed by atoms with E-state index in [1.807, 2.05) is 0 Å². The first kappa shape index (κ1) is 8.88. The van der Waals surface area contributed by atoms with Gasteiger partial charge in [0.2, 0.25) is 0 Å². The van der Waals surface area contributed by atoms with E-state index >= 15 is 0 Å². The van der Waals surface area contributed by atoms with E-state index in [-0.39, 0.29) is 6.10 Å². The molecule has 1 rings (SSSR count). The van der Waals surface area contributed by atoms with Gasteiger partial charge in [0.15, 0.2) is 0 Å². The first-order chi connectivity index (χ1) is 4.39. The van der Waals surface area contributed by atoms with Gasteiger partial charge < -0.3 is 14.9 Å². The Morgan fingerprint density at radius 3 is 2.33 bits per heavy atom. The molecule has 1 aliphatic rings. The van der Waals surface area contributed by atoms with Crippen LogP contribution in [-0.2, 0) is 4.74 Å². The smallest absolute Gasteiger partial charge is 0.0774 e. The average molecular weight is 134 g/mol. The van der Waals surface area contributed by atoms with Crippen molar-refractivity contribution in [2.45, 2.75) is 18.9 Å². The van der Waals surface area contributed by atoms with Crippen molar-refractivity contribution in [3.05, 3.63) is 0 Å². The van der Waals surface area contributed by atoms with Crippen LogP contribution in [0.3, 0.4) is 0 Å². The normalized spacial score (nSPS) is 26.3. The summed E-state index contributed by atoms with van der Waals surface area (Å²) in [6, 6.07) is 0. The molecular weight excluding hydrogens is 120 g/mol. The van der Waals surface area contributed by atoms with Gasteiger partial charge in [0.25, 0.3) is 0 Å². The molecule has 0 aliphatic carbocycles. The summed E-state index contributed by atoms with van der Waals surface area (Å²) in [6.45, 7) is 1.37. The molecule has 0 saturated carbocycles. The molecule has 0 amide bonds. The van der Waals surface area contributed by atoms with E-state index in [2.05, 4.69) is 0 Å². The molecule has 1 aliphatic heterocycles. The molecule has 0 aromatic heterocycles. The molecule has 0 unspecified atom stereocenters. The lowest BCUT2D eigenvalue weighted by Gasteiger charge is -2.15. The monoisotopic (exact) mass is 134 g/mol. The number of rotatable bonds is 0. The largest absolute Gasteiger partial charge is 0.400 e. The van der Waals surface area contributed by atoms with E-state index in [0.29, 0.717) is 6.61 Å². The fraction of sp³-hybridized carbons (Fsp3) is 1.00. The van der Waals surface area contributed by atoms with Crippen molar-refractivity contribution < 1.29 is 14.9 Å². The summed E-state index contributed by atoms with van der Waals surface area (Å²) in [5.74, 6) is 0. The number of hydrogen-bond donors (Lipinski definition) is 2. The van der Waals surface area contributed by atoms with E-state index in [1.54, 1.807) is 0 Å². The van der Waals surface area contributed by atoms with Crippen molar-refractivity contribution in [1.29, 1.82) is 0 Å². The van der Waals surface area contributed by atoms with Crippen LogP contribution in [0.1, 0.15) is 12.8 Å². The lowest BCUT2D eigenvalue weighted by Crippen LogP contribution is -2.21. The second-order valence-electron chi connectivity index (χ2n) is 1.87. The summed E-state index contributed by atoms with van der Waals surface area (Å²) in [5.41, 5.74) is 0. The minimum atomic E-state index is -0.186. The highest BCUT2D eigenvalue weighted by Gasteiger charge is 2.07. The van der Waals surface area contributed by atoms with Gasteiger partial charge in [-0.15, -0.1) is 0 Å². The molecule has 0 bridgehead atoms. The predicted molar refractivity (Wildman–Crippen MR) is 34.2 cm³/mol. The van der Waals surface area contributed by atoms with Crippen molar-refractivity contribution >= 4 is 0 Å². The number of hydrogen-bond acceptors (Lipinski definition) is 3. The minimum Gasteiger partial charge on any atom is -0.400 e. The van der Waals surface area contributed by atoms with Crippen molar-refractivity contribution in [2.75, 3.05) is 20.3 Å². The Balaban J connectivity index is 0.000000291. The highest BCUT2D eigenvalue weighted by molar-refractivity contribution is 4.57. The van der Waals surface area contributed by atoms with Crippen molar-refractivity contribution in [1.82, 2.24) is 0 Å². The lowest BCUT2D eigenvalue weighted by atomic mass is 10.2. The highest BCUT2D eigenvalue weighted by Crippen LogP contribution is 2.03. The molecule has 3 nitrogen and oxygen atoms in total. The summed E-state index contributed by atoms with van der Waals surface area (Å²) in [5, 5.41) is 15.8. The van der Waals surface area contributed by atoms with Gasteiger partial charge in [0.05, 0.1) is 12.7 Å². The molecule has 9 heavy (non-hydrogen) atoms. The van der Waals surface area contributed by atoms with Crippen LogP contribution >= 0.6 is 0 Å². The van der Waals surface area contributed by atoms with Gasteiger partial charge in [0, 0.05) is 13.7 Å². The zero-order valence-electron chi connectivity index (χ0n) is 5.71. The number of aliphatic hydroxyl groups is 2. The van der Waals surface area contributed by atoms with E-state index in [0.717, 1.165) is 26.6 Å².